The maximum Gasteiger partial charge on any atom is 0.237 e. The molecule has 0 aromatic heterocycles. The highest BCUT2D eigenvalue weighted by Crippen LogP contribution is 2.31. The lowest BCUT2D eigenvalue weighted by Gasteiger charge is -2.13. The molecule has 2 rings (SSSR count). The molecule has 0 aliphatic heterocycles. The van der Waals surface area contributed by atoms with E-state index in [0.717, 1.165) is 11.1 Å². The molecule has 0 saturated heterocycles. The van der Waals surface area contributed by atoms with Crippen LogP contribution in [0.25, 0.3) is 0 Å². The Morgan fingerprint density at radius 1 is 1.20 bits per heavy atom. The van der Waals surface area contributed by atoms with Crippen LogP contribution < -0.4 is 10.5 Å². The Morgan fingerprint density at radius 3 is 2.45 bits per heavy atom. The van der Waals surface area contributed by atoms with Crippen LogP contribution in [0.2, 0.25) is 0 Å². The van der Waals surface area contributed by atoms with E-state index in [-0.39, 0.29) is 5.75 Å². The molecule has 0 bridgehead atoms. The molecule has 106 valence electrons. The normalized spacial score (nSPS) is 11.3. The molecule has 6 heteroatoms. The molecule has 0 aliphatic carbocycles. The van der Waals surface area contributed by atoms with Gasteiger partial charge < -0.3 is 5.73 Å². The minimum atomic E-state index is -3.51. The molecular formula is C14H15BrN2O2S. The molecule has 0 unspecified atom stereocenters. The third-order valence-electron chi connectivity index (χ3n) is 2.72. The molecule has 0 aliphatic rings. The fraction of sp³-hybridized carbons (Fsp3) is 0.143. The first-order valence-corrected chi connectivity index (χ1v) is 8.42. The third-order valence-corrected chi connectivity index (χ3v) is 4.58. The van der Waals surface area contributed by atoms with E-state index in [9.17, 15) is 8.42 Å². The number of hydrogen-bond acceptors (Lipinski definition) is 3. The molecule has 2 aromatic rings. The summed E-state index contributed by atoms with van der Waals surface area (Å²) in [5.41, 5.74) is 8.33. The maximum atomic E-state index is 12.2. The zero-order chi connectivity index (χ0) is 14.8. The van der Waals surface area contributed by atoms with Gasteiger partial charge in [0.1, 0.15) is 0 Å². The Bertz CT molecular complexity index is 692. The summed E-state index contributed by atoms with van der Waals surface area (Å²) in [6.07, 6.45) is 0. The van der Waals surface area contributed by atoms with E-state index < -0.39 is 10.0 Å². The zero-order valence-corrected chi connectivity index (χ0v) is 13.3. The van der Waals surface area contributed by atoms with Crippen molar-refractivity contribution in [3.05, 3.63) is 58.1 Å². The number of nitrogen functional groups attached to an aromatic ring is 1. The summed E-state index contributed by atoms with van der Waals surface area (Å²) in [5, 5.41) is 0. The Hall–Kier alpha value is -1.53. The minimum Gasteiger partial charge on any atom is -0.397 e. The second-order valence-corrected chi connectivity index (χ2v) is 7.13. The summed E-state index contributed by atoms with van der Waals surface area (Å²) >= 11 is 3.33. The van der Waals surface area contributed by atoms with E-state index in [1.165, 1.54) is 0 Å². The fourth-order valence-electron chi connectivity index (χ4n) is 1.86. The van der Waals surface area contributed by atoms with Crippen molar-refractivity contribution in [1.82, 2.24) is 0 Å². The van der Waals surface area contributed by atoms with Crippen LogP contribution in [0.3, 0.4) is 0 Å². The molecule has 0 amide bonds. The number of anilines is 2. The van der Waals surface area contributed by atoms with Gasteiger partial charge in [-0.2, -0.15) is 0 Å². The smallest absolute Gasteiger partial charge is 0.237 e. The Morgan fingerprint density at radius 2 is 1.85 bits per heavy atom. The Labute approximate surface area is 127 Å². The summed E-state index contributed by atoms with van der Waals surface area (Å²) in [7, 11) is -3.51. The van der Waals surface area contributed by atoms with E-state index in [4.69, 9.17) is 5.73 Å². The topological polar surface area (TPSA) is 72.2 Å². The average molecular weight is 355 g/mol. The molecule has 0 fully saturated rings. The van der Waals surface area contributed by atoms with Gasteiger partial charge in [-0.15, -0.1) is 0 Å². The number of nitrogens with two attached hydrogens (primary N) is 1. The Balaban J connectivity index is 2.25. The van der Waals surface area contributed by atoms with Crippen molar-refractivity contribution in [3.63, 3.8) is 0 Å². The average Bonchev–Trinajstić information content (AvgIpc) is 2.34. The van der Waals surface area contributed by atoms with Crippen LogP contribution in [0.15, 0.2) is 46.9 Å². The predicted molar refractivity (Wildman–Crippen MR) is 86.0 cm³/mol. The number of aryl methyl sites for hydroxylation is 1. The van der Waals surface area contributed by atoms with Crippen molar-refractivity contribution in [2.45, 2.75) is 12.7 Å². The monoisotopic (exact) mass is 354 g/mol. The van der Waals surface area contributed by atoms with Gasteiger partial charge in [0.25, 0.3) is 0 Å². The Kier molecular flexibility index (Phi) is 4.35. The van der Waals surface area contributed by atoms with Gasteiger partial charge in [0.05, 0.1) is 17.1 Å². The second-order valence-electron chi connectivity index (χ2n) is 4.56. The van der Waals surface area contributed by atoms with Crippen LogP contribution in [0.1, 0.15) is 11.1 Å². The van der Waals surface area contributed by atoms with Crippen molar-refractivity contribution in [2.75, 3.05) is 10.5 Å². The van der Waals surface area contributed by atoms with Crippen LogP contribution in [-0.2, 0) is 15.8 Å². The van der Waals surface area contributed by atoms with Gasteiger partial charge in [-0.05, 0) is 46.1 Å². The largest absolute Gasteiger partial charge is 0.397 e. The van der Waals surface area contributed by atoms with Crippen LogP contribution >= 0.6 is 15.9 Å². The van der Waals surface area contributed by atoms with Gasteiger partial charge in [-0.3, -0.25) is 4.72 Å². The van der Waals surface area contributed by atoms with Crippen molar-refractivity contribution in [2.24, 2.45) is 0 Å². The van der Waals surface area contributed by atoms with Crippen LogP contribution in [0, 0.1) is 6.92 Å². The molecule has 0 spiro atoms. The standard InChI is InChI=1S/C14H15BrN2O2S/c1-10-7-12(15)14(13(16)8-10)17-20(18,19)9-11-5-3-2-4-6-11/h2-8,17H,9,16H2,1H3. The van der Waals surface area contributed by atoms with Gasteiger partial charge in [0.2, 0.25) is 10.0 Å². The molecule has 0 saturated carbocycles. The van der Waals surface area contributed by atoms with Crippen molar-refractivity contribution in [3.8, 4) is 0 Å². The number of halogens is 1. The molecule has 0 heterocycles. The number of benzene rings is 2. The molecule has 0 radical (unpaired) electrons. The summed E-state index contributed by atoms with van der Waals surface area (Å²) in [5.74, 6) is -0.0897. The molecular weight excluding hydrogens is 340 g/mol. The van der Waals surface area contributed by atoms with Crippen molar-refractivity contribution in [1.29, 1.82) is 0 Å². The third kappa shape index (κ3) is 3.74. The highest BCUT2D eigenvalue weighted by atomic mass is 79.9. The van der Waals surface area contributed by atoms with Gasteiger partial charge in [-0.25, -0.2) is 8.42 Å². The molecule has 0 atom stereocenters. The first-order chi connectivity index (χ1) is 9.37. The summed E-state index contributed by atoms with van der Waals surface area (Å²) in [4.78, 5) is 0. The molecule has 20 heavy (non-hydrogen) atoms. The van der Waals surface area contributed by atoms with Gasteiger partial charge >= 0.3 is 0 Å². The molecule has 2 aromatic carbocycles. The zero-order valence-electron chi connectivity index (χ0n) is 10.9. The lowest BCUT2D eigenvalue weighted by atomic mass is 10.2. The highest BCUT2D eigenvalue weighted by molar-refractivity contribution is 9.10. The van der Waals surface area contributed by atoms with Crippen LogP contribution in [0.4, 0.5) is 11.4 Å². The lowest BCUT2D eigenvalue weighted by Crippen LogP contribution is -2.16. The van der Waals surface area contributed by atoms with Gasteiger partial charge in [0.15, 0.2) is 0 Å². The van der Waals surface area contributed by atoms with Crippen molar-refractivity contribution < 1.29 is 8.42 Å². The van der Waals surface area contributed by atoms with E-state index >= 15 is 0 Å². The van der Waals surface area contributed by atoms with Crippen LogP contribution in [-0.4, -0.2) is 8.42 Å². The minimum absolute atomic E-state index is 0.0897. The first-order valence-electron chi connectivity index (χ1n) is 5.97. The van der Waals surface area contributed by atoms with Crippen molar-refractivity contribution >= 4 is 37.3 Å². The fourth-order valence-corrected chi connectivity index (χ4v) is 3.92. The van der Waals surface area contributed by atoms with Gasteiger partial charge in [0, 0.05) is 4.47 Å². The number of sulfonamides is 1. The summed E-state index contributed by atoms with van der Waals surface area (Å²) in [6, 6.07) is 12.5. The SMILES string of the molecule is Cc1cc(N)c(NS(=O)(=O)Cc2ccccc2)c(Br)c1. The lowest BCUT2D eigenvalue weighted by molar-refractivity contribution is 0.600. The summed E-state index contributed by atoms with van der Waals surface area (Å²) in [6.45, 7) is 1.89. The number of rotatable bonds is 4. The maximum absolute atomic E-state index is 12.2. The highest BCUT2D eigenvalue weighted by Gasteiger charge is 2.15. The number of hydrogen-bond donors (Lipinski definition) is 2. The summed E-state index contributed by atoms with van der Waals surface area (Å²) < 4.78 is 27.5. The van der Waals surface area contributed by atoms with E-state index in [1.54, 1.807) is 30.3 Å². The quantitative estimate of drug-likeness (QED) is 0.827. The van der Waals surface area contributed by atoms with Gasteiger partial charge in [-0.1, -0.05) is 30.3 Å². The molecule has 3 N–H and O–H groups in total. The van der Waals surface area contributed by atoms with E-state index in [2.05, 4.69) is 20.7 Å². The van der Waals surface area contributed by atoms with Crippen LogP contribution in [0.5, 0.6) is 0 Å². The molecule has 4 nitrogen and oxygen atoms in total. The second kappa shape index (κ2) is 5.85. The van der Waals surface area contributed by atoms with E-state index in [1.807, 2.05) is 19.1 Å². The van der Waals surface area contributed by atoms with E-state index in [0.29, 0.717) is 15.8 Å². The number of nitrogens with one attached hydrogen (secondary N) is 1. The first kappa shape index (κ1) is 14.9. The predicted octanol–water partition coefficient (Wildman–Crippen LogP) is 3.28.